The van der Waals surface area contributed by atoms with Gasteiger partial charge in [-0.3, -0.25) is 4.79 Å². The first kappa shape index (κ1) is 22.7. The lowest BCUT2D eigenvalue weighted by Crippen LogP contribution is -2.48. The monoisotopic (exact) mass is 404 g/mol. The molecular weight excluding hydrogens is 372 g/mol. The van der Waals surface area contributed by atoms with E-state index in [9.17, 15) is 14.4 Å². The molecule has 1 saturated heterocycles. The number of unbranched alkanes of at least 4 members (excludes halogenated alkanes) is 1. The molecule has 0 radical (unpaired) electrons. The molecule has 0 aromatic heterocycles. The number of rotatable bonds is 7. The van der Waals surface area contributed by atoms with Gasteiger partial charge in [0.25, 0.3) is 5.91 Å². The van der Waals surface area contributed by atoms with Crippen LogP contribution in [0.3, 0.4) is 0 Å². The fraction of sp³-hybridized carbons (Fsp3) is 0.591. The Morgan fingerprint density at radius 1 is 1.21 bits per heavy atom. The molecule has 1 heterocycles. The molecule has 2 atom stereocenters. The number of amides is 2. The third-order valence-corrected chi connectivity index (χ3v) is 4.59. The van der Waals surface area contributed by atoms with Gasteiger partial charge in [0.1, 0.15) is 17.7 Å². The van der Waals surface area contributed by atoms with Crippen molar-refractivity contribution in [3.8, 4) is 0 Å². The SMILES string of the molecule is CCCCOC(=O)[C@@H]1CCCN1C(=O)[C@@H](NC(=O)OC(C)(C)C)c1ccccc1. The first-order valence-electron chi connectivity index (χ1n) is 10.2. The summed E-state index contributed by atoms with van der Waals surface area (Å²) >= 11 is 0. The predicted molar refractivity (Wildman–Crippen MR) is 109 cm³/mol. The van der Waals surface area contributed by atoms with Gasteiger partial charge in [-0.25, -0.2) is 9.59 Å². The number of nitrogens with one attached hydrogen (secondary N) is 1. The summed E-state index contributed by atoms with van der Waals surface area (Å²) in [6, 6.07) is 7.41. The molecule has 160 valence electrons. The van der Waals surface area contributed by atoms with Gasteiger partial charge in [0.05, 0.1) is 6.61 Å². The zero-order valence-electron chi connectivity index (χ0n) is 17.8. The van der Waals surface area contributed by atoms with Crippen LogP contribution >= 0.6 is 0 Å². The molecule has 1 N–H and O–H groups in total. The molecule has 0 unspecified atom stereocenters. The highest BCUT2D eigenvalue weighted by molar-refractivity contribution is 5.91. The van der Waals surface area contributed by atoms with E-state index in [2.05, 4.69) is 5.32 Å². The van der Waals surface area contributed by atoms with Crippen LogP contribution in [0.5, 0.6) is 0 Å². The van der Waals surface area contributed by atoms with Crippen molar-refractivity contribution in [3.63, 3.8) is 0 Å². The van der Waals surface area contributed by atoms with Crippen LogP contribution in [0.2, 0.25) is 0 Å². The summed E-state index contributed by atoms with van der Waals surface area (Å²) in [5, 5.41) is 2.67. The number of hydrogen-bond donors (Lipinski definition) is 1. The van der Waals surface area contributed by atoms with Crippen molar-refractivity contribution in [2.24, 2.45) is 0 Å². The van der Waals surface area contributed by atoms with Gasteiger partial charge in [0.15, 0.2) is 0 Å². The smallest absolute Gasteiger partial charge is 0.408 e. The summed E-state index contributed by atoms with van der Waals surface area (Å²) in [5.74, 6) is -0.717. The van der Waals surface area contributed by atoms with Crippen LogP contribution in [-0.2, 0) is 19.1 Å². The summed E-state index contributed by atoms with van der Waals surface area (Å²) < 4.78 is 10.7. The first-order valence-corrected chi connectivity index (χ1v) is 10.2. The quantitative estimate of drug-likeness (QED) is 0.555. The minimum atomic E-state index is -0.935. The Hall–Kier alpha value is -2.57. The highest BCUT2D eigenvalue weighted by atomic mass is 16.6. The summed E-state index contributed by atoms with van der Waals surface area (Å²) in [5.41, 5.74) is -0.0541. The minimum absolute atomic E-state index is 0.336. The van der Waals surface area contributed by atoms with Crippen molar-refractivity contribution in [2.75, 3.05) is 13.2 Å². The van der Waals surface area contributed by atoms with Gasteiger partial charge in [-0.05, 0) is 45.6 Å². The zero-order valence-corrected chi connectivity index (χ0v) is 17.8. The average molecular weight is 405 g/mol. The van der Waals surface area contributed by atoms with Crippen molar-refractivity contribution < 1.29 is 23.9 Å². The molecule has 7 nitrogen and oxygen atoms in total. The number of hydrogen-bond acceptors (Lipinski definition) is 5. The van der Waals surface area contributed by atoms with Gasteiger partial charge in [-0.15, -0.1) is 0 Å². The van der Waals surface area contributed by atoms with E-state index >= 15 is 0 Å². The van der Waals surface area contributed by atoms with Crippen LogP contribution in [0.1, 0.15) is 65.0 Å². The Kier molecular flexibility index (Phi) is 8.05. The molecule has 0 spiro atoms. The minimum Gasteiger partial charge on any atom is -0.464 e. The molecule has 2 rings (SSSR count). The van der Waals surface area contributed by atoms with Crippen LogP contribution in [0, 0.1) is 0 Å². The van der Waals surface area contributed by atoms with E-state index in [1.165, 1.54) is 4.90 Å². The van der Waals surface area contributed by atoms with Gasteiger partial charge < -0.3 is 19.7 Å². The number of likely N-dealkylation sites (tertiary alicyclic amines) is 1. The van der Waals surface area contributed by atoms with E-state index in [0.29, 0.717) is 31.6 Å². The molecule has 0 bridgehead atoms. The molecular formula is C22H32N2O5. The van der Waals surface area contributed by atoms with Crippen molar-refractivity contribution in [1.29, 1.82) is 0 Å². The summed E-state index contributed by atoms with van der Waals surface area (Å²) in [6.45, 7) is 8.10. The summed E-state index contributed by atoms with van der Waals surface area (Å²) in [6.07, 6.45) is 2.31. The summed E-state index contributed by atoms with van der Waals surface area (Å²) in [7, 11) is 0. The molecule has 2 amide bonds. The molecule has 0 saturated carbocycles. The van der Waals surface area contributed by atoms with E-state index in [0.717, 1.165) is 12.8 Å². The molecule has 7 heteroatoms. The van der Waals surface area contributed by atoms with E-state index in [4.69, 9.17) is 9.47 Å². The van der Waals surface area contributed by atoms with Crippen LogP contribution in [0.25, 0.3) is 0 Å². The highest BCUT2D eigenvalue weighted by Crippen LogP contribution is 2.25. The third kappa shape index (κ3) is 6.76. The Balaban J connectivity index is 2.17. The molecule has 1 fully saturated rings. The zero-order chi connectivity index (χ0) is 21.4. The number of esters is 1. The van der Waals surface area contributed by atoms with E-state index < -0.39 is 23.8 Å². The maximum Gasteiger partial charge on any atom is 0.408 e. The lowest BCUT2D eigenvalue weighted by molar-refractivity contribution is -0.154. The average Bonchev–Trinajstić information content (AvgIpc) is 3.15. The second-order valence-electron chi connectivity index (χ2n) is 8.20. The number of ether oxygens (including phenoxy) is 2. The van der Waals surface area contributed by atoms with Gasteiger partial charge >= 0.3 is 12.1 Å². The number of benzene rings is 1. The molecule has 0 aliphatic carbocycles. The number of carbonyl (C=O) groups excluding carboxylic acids is 3. The van der Waals surface area contributed by atoms with Crippen LogP contribution < -0.4 is 5.32 Å². The Morgan fingerprint density at radius 2 is 1.90 bits per heavy atom. The molecule has 1 aromatic carbocycles. The molecule has 1 aliphatic heterocycles. The predicted octanol–water partition coefficient (Wildman–Crippen LogP) is 3.59. The lowest BCUT2D eigenvalue weighted by Gasteiger charge is -2.29. The van der Waals surface area contributed by atoms with E-state index in [1.54, 1.807) is 45.0 Å². The fourth-order valence-corrected chi connectivity index (χ4v) is 3.21. The largest absolute Gasteiger partial charge is 0.464 e. The van der Waals surface area contributed by atoms with Gasteiger partial charge in [-0.2, -0.15) is 0 Å². The maximum atomic E-state index is 13.3. The Morgan fingerprint density at radius 3 is 2.52 bits per heavy atom. The number of alkyl carbamates (subject to hydrolysis) is 1. The number of nitrogens with zero attached hydrogens (tertiary/aromatic N) is 1. The Bertz CT molecular complexity index is 699. The normalized spacial score (nSPS) is 17.5. The van der Waals surface area contributed by atoms with E-state index in [-0.39, 0.29) is 11.9 Å². The van der Waals surface area contributed by atoms with Crippen LogP contribution in [0.4, 0.5) is 4.79 Å². The Labute approximate surface area is 172 Å². The van der Waals surface area contributed by atoms with Crippen LogP contribution in [-0.4, -0.2) is 47.7 Å². The van der Waals surface area contributed by atoms with Gasteiger partial charge in [0, 0.05) is 6.54 Å². The van der Waals surface area contributed by atoms with Gasteiger partial charge in [0.2, 0.25) is 0 Å². The van der Waals surface area contributed by atoms with Crippen molar-refractivity contribution in [3.05, 3.63) is 35.9 Å². The topological polar surface area (TPSA) is 84.9 Å². The molecule has 29 heavy (non-hydrogen) atoms. The second kappa shape index (κ2) is 10.3. The lowest BCUT2D eigenvalue weighted by atomic mass is 10.1. The van der Waals surface area contributed by atoms with E-state index in [1.807, 2.05) is 13.0 Å². The van der Waals surface area contributed by atoms with Crippen molar-refractivity contribution in [1.82, 2.24) is 10.2 Å². The fourth-order valence-electron chi connectivity index (χ4n) is 3.21. The highest BCUT2D eigenvalue weighted by Gasteiger charge is 2.39. The first-order chi connectivity index (χ1) is 13.7. The molecule has 1 aromatic rings. The standard InChI is InChI=1S/C22H32N2O5/c1-5-6-15-28-20(26)17-13-10-14-24(17)19(25)18(16-11-8-7-9-12-16)23-21(27)29-22(2,3)4/h7-9,11-12,17-18H,5-6,10,13-15H2,1-4H3,(H,23,27)/t17-,18-/m0/s1. The third-order valence-electron chi connectivity index (χ3n) is 4.59. The summed E-state index contributed by atoms with van der Waals surface area (Å²) in [4.78, 5) is 39.7. The van der Waals surface area contributed by atoms with Crippen molar-refractivity contribution in [2.45, 2.75) is 71.1 Å². The maximum absolute atomic E-state index is 13.3. The number of carbonyl (C=O) groups is 3. The van der Waals surface area contributed by atoms with Gasteiger partial charge in [-0.1, -0.05) is 43.7 Å². The van der Waals surface area contributed by atoms with Crippen LogP contribution in [0.15, 0.2) is 30.3 Å². The molecule has 1 aliphatic rings. The van der Waals surface area contributed by atoms with Crippen molar-refractivity contribution >= 4 is 18.0 Å². The second-order valence-corrected chi connectivity index (χ2v) is 8.20.